The summed E-state index contributed by atoms with van der Waals surface area (Å²) in [6.45, 7) is 0.0122. The van der Waals surface area contributed by atoms with E-state index >= 15 is 0 Å². The Morgan fingerprint density at radius 1 is 0.775 bits per heavy atom. The third-order valence-electron chi connectivity index (χ3n) is 6.16. The predicted octanol–water partition coefficient (Wildman–Crippen LogP) is 5.76. The summed E-state index contributed by atoms with van der Waals surface area (Å²) < 4.78 is 33.6. The second kappa shape index (κ2) is 12.3. The Morgan fingerprint density at radius 3 is 2.15 bits per heavy atom. The van der Waals surface area contributed by atoms with Gasteiger partial charge in [-0.05, 0) is 76.5 Å². The van der Waals surface area contributed by atoms with Crippen molar-refractivity contribution in [2.75, 3.05) is 10.8 Å². The van der Waals surface area contributed by atoms with Crippen LogP contribution in [0.1, 0.15) is 11.1 Å². The number of sulfonamides is 1. The van der Waals surface area contributed by atoms with Crippen LogP contribution in [0.25, 0.3) is 10.8 Å². The number of anilines is 1. The van der Waals surface area contributed by atoms with E-state index in [0.29, 0.717) is 18.0 Å². The lowest BCUT2D eigenvalue weighted by Crippen LogP contribution is -2.39. The van der Waals surface area contributed by atoms with Gasteiger partial charge in [0.05, 0.1) is 16.8 Å². The maximum Gasteiger partial charge on any atom is 0.264 e. The van der Waals surface area contributed by atoms with E-state index in [0.717, 1.165) is 15.4 Å². The number of carbonyl (C=O) groups excluding carboxylic acids is 1. The molecule has 1 amide bonds. The van der Waals surface area contributed by atoms with Gasteiger partial charge in [-0.2, -0.15) is 5.10 Å². The molecule has 0 heterocycles. The van der Waals surface area contributed by atoms with Crippen LogP contribution in [0.15, 0.2) is 137 Å². The molecule has 5 rings (SSSR count). The maximum atomic E-state index is 13.3. The van der Waals surface area contributed by atoms with Crippen LogP contribution >= 0.6 is 0 Å². The first-order chi connectivity index (χ1) is 19.5. The van der Waals surface area contributed by atoms with Crippen molar-refractivity contribution < 1.29 is 17.9 Å². The number of hydrogen-bond donors (Lipinski definition) is 1. The van der Waals surface area contributed by atoms with Gasteiger partial charge in [0.25, 0.3) is 15.9 Å². The van der Waals surface area contributed by atoms with E-state index < -0.39 is 22.5 Å². The number of hydrazone groups is 1. The van der Waals surface area contributed by atoms with Crippen molar-refractivity contribution in [2.24, 2.45) is 5.10 Å². The molecule has 0 spiro atoms. The first-order valence-electron chi connectivity index (χ1n) is 12.6. The Balaban J connectivity index is 1.19. The summed E-state index contributed by atoms with van der Waals surface area (Å²) in [6, 6.07) is 38.2. The van der Waals surface area contributed by atoms with Crippen LogP contribution in [0.5, 0.6) is 5.75 Å². The fraction of sp³-hybridized carbons (Fsp3) is 0.0625. The molecule has 40 heavy (non-hydrogen) atoms. The molecule has 0 saturated heterocycles. The molecule has 0 radical (unpaired) electrons. The molecule has 5 aromatic rings. The molecule has 7 nitrogen and oxygen atoms in total. The Labute approximate surface area is 233 Å². The molecule has 5 aromatic carbocycles. The Morgan fingerprint density at radius 2 is 1.43 bits per heavy atom. The van der Waals surface area contributed by atoms with Gasteiger partial charge in [0.1, 0.15) is 18.9 Å². The molecule has 0 atom stereocenters. The zero-order chi connectivity index (χ0) is 27.8. The topological polar surface area (TPSA) is 88.1 Å². The molecule has 1 N–H and O–H groups in total. The molecule has 200 valence electrons. The molecule has 0 unspecified atom stereocenters. The van der Waals surface area contributed by atoms with Gasteiger partial charge in [-0.15, -0.1) is 0 Å². The molecular formula is C32H27N3O4S. The Hall–Kier alpha value is -4.95. The van der Waals surface area contributed by atoms with Gasteiger partial charge in [0.2, 0.25) is 0 Å². The van der Waals surface area contributed by atoms with E-state index in [2.05, 4.69) is 40.9 Å². The van der Waals surface area contributed by atoms with Crippen LogP contribution in [-0.4, -0.2) is 27.1 Å². The fourth-order valence-corrected chi connectivity index (χ4v) is 5.56. The highest BCUT2D eigenvalue weighted by Crippen LogP contribution is 2.23. The van der Waals surface area contributed by atoms with Gasteiger partial charge in [-0.3, -0.25) is 9.10 Å². The van der Waals surface area contributed by atoms with Crippen LogP contribution in [0, 0.1) is 0 Å². The molecular weight excluding hydrogens is 522 g/mol. The third-order valence-corrected chi connectivity index (χ3v) is 7.95. The Kier molecular flexibility index (Phi) is 8.18. The lowest BCUT2D eigenvalue weighted by molar-refractivity contribution is -0.119. The maximum absolute atomic E-state index is 13.3. The number of nitrogens with one attached hydrogen (secondary N) is 1. The molecule has 0 aliphatic carbocycles. The van der Waals surface area contributed by atoms with Gasteiger partial charge >= 0.3 is 0 Å². The fourth-order valence-electron chi connectivity index (χ4n) is 4.12. The standard InChI is InChI=1S/C32H27N3O4S/c36-32(23-35(29-11-3-1-4-12-29)40(37,38)31-13-5-2-6-14-31)34-33-22-25-16-19-30(20-17-25)39-24-26-15-18-27-9-7-8-10-28(27)21-26/h1-22H,23-24H2,(H,34,36)/b33-22-. The van der Waals surface area contributed by atoms with Gasteiger partial charge in [0, 0.05) is 0 Å². The van der Waals surface area contributed by atoms with Crippen molar-refractivity contribution in [3.63, 3.8) is 0 Å². The summed E-state index contributed by atoms with van der Waals surface area (Å²) >= 11 is 0. The number of amides is 1. The van der Waals surface area contributed by atoms with E-state index in [9.17, 15) is 13.2 Å². The highest BCUT2D eigenvalue weighted by atomic mass is 32.2. The lowest BCUT2D eigenvalue weighted by Gasteiger charge is -2.23. The number of ether oxygens (including phenoxy) is 1. The summed E-state index contributed by atoms with van der Waals surface area (Å²) in [5, 5.41) is 6.36. The van der Waals surface area contributed by atoms with E-state index in [1.807, 2.05) is 36.4 Å². The van der Waals surface area contributed by atoms with E-state index in [-0.39, 0.29) is 4.90 Å². The van der Waals surface area contributed by atoms with Gasteiger partial charge < -0.3 is 4.74 Å². The first kappa shape index (κ1) is 26.6. The normalized spacial score (nSPS) is 11.4. The predicted molar refractivity (Wildman–Crippen MR) is 158 cm³/mol. The van der Waals surface area contributed by atoms with Crippen molar-refractivity contribution in [1.82, 2.24) is 5.43 Å². The summed E-state index contributed by atoms with van der Waals surface area (Å²) in [6.07, 6.45) is 1.49. The number of hydrogen-bond acceptors (Lipinski definition) is 5. The highest BCUT2D eigenvalue weighted by molar-refractivity contribution is 7.92. The van der Waals surface area contributed by atoms with Crippen LogP contribution in [0.3, 0.4) is 0 Å². The average Bonchev–Trinajstić information content (AvgIpc) is 3.00. The van der Waals surface area contributed by atoms with E-state index in [1.54, 1.807) is 48.5 Å². The summed E-state index contributed by atoms with van der Waals surface area (Å²) in [4.78, 5) is 12.8. The minimum Gasteiger partial charge on any atom is -0.489 e. The molecule has 0 aromatic heterocycles. The second-order valence-corrected chi connectivity index (χ2v) is 10.9. The van der Waals surface area contributed by atoms with Crippen LogP contribution in [-0.2, 0) is 21.4 Å². The molecule has 0 saturated carbocycles. The monoisotopic (exact) mass is 549 g/mol. The minimum atomic E-state index is -3.96. The smallest absolute Gasteiger partial charge is 0.264 e. The number of fused-ring (bicyclic) bond motifs is 1. The van der Waals surface area contributed by atoms with E-state index in [1.165, 1.54) is 29.1 Å². The summed E-state index contributed by atoms with van der Waals surface area (Å²) in [5.74, 6) is 0.133. The third kappa shape index (κ3) is 6.54. The van der Waals surface area contributed by atoms with Crippen LogP contribution in [0.2, 0.25) is 0 Å². The average molecular weight is 550 g/mol. The van der Waals surface area contributed by atoms with Crippen molar-refractivity contribution in [3.05, 3.63) is 139 Å². The van der Waals surface area contributed by atoms with Crippen LogP contribution < -0.4 is 14.5 Å². The molecule has 0 aliphatic rings. The molecule has 8 heteroatoms. The van der Waals surface area contributed by atoms with Crippen molar-refractivity contribution >= 4 is 38.6 Å². The van der Waals surface area contributed by atoms with Gasteiger partial charge in [-0.25, -0.2) is 13.8 Å². The minimum absolute atomic E-state index is 0.0954. The largest absolute Gasteiger partial charge is 0.489 e. The number of rotatable bonds is 10. The first-order valence-corrected chi connectivity index (χ1v) is 14.1. The van der Waals surface area contributed by atoms with Crippen molar-refractivity contribution in [3.8, 4) is 5.75 Å². The van der Waals surface area contributed by atoms with Crippen LogP contribution in [0.4, 0.5) is 5.69 Å². The summed E-state index contributed by atoms with van der Waals surface area (Å²) in [5.41, 5.74) is 4.62. The van der Waals surface area contributed by atoms with Gasteiger partial charge in [-0.1, -0.05) is 72.8 Å². The number of carbonyl (C=O) groups is 1. The highest BCUT2D eigenvalue weighted by Gasteiger charge is 2.26. The quantitative estimate of drug-likeness (QED) is 0.177. The zero-order valence-corrected chi connectivity index (χ0v) is 22.4. The lowest BCUT2D eigenvalue weighted by atomic mass is 10.1. The SMILES string of the molecule is O=C(CN(c1ccccc1)S(=O)(=O)c1ccccc1)N/N=C\c1ccc(OCc2ccc3ccccc3c2)cc1. The van der Waals surface area contributed by atoms with Crippen molar-refractivity contribution in [2.45, 2.75) is 11.5 Å². The second-order valence-electron chi connectivity index (χ2n) is 8.99. The number of nitrogens with zero attached hydrogens (tertiary/aromatic N) is 2. The number of benzene rings is 5. The molecule has 0 aliphatic heterocycles. The number of para-hydroxylation sites is 1. The Bertz CT molecular complexity index is 1720. The van der Waals surface area contributed by atoms with Crippen molar-refractivity contribution in [1.29, 1.82) is 0 Å². The van der Waals surface area contributed by atoms with E-state index in [4.69, 9.17) is 4.74 Å². The van der Waals surface area contributed by atoms with Gasteiger partial charge in [0.15, 0.2) is 0 Å². The zero-order valence-electron chi connectivity index (χ0n) is 21.6. The molecule has 0 bridgehead atoms. The summed E-state index contributed by atoms with van der Waals surface area (Å²) in [7, 11) is -3.96. The molecule has 0 fully saturated rings.